The molecule has 15 heavy (non-hydrogen) atoms. The lowest BCUT2D eigenvalue weighted by atomic mass is 9.99. The Labute approximate surface area is 91.2 Å². The summed E-state index contributed by atoms with van der Waals surface area (Å²) in [6.07, 6.45) is 0.879. The molecule has 1 rings (SSSR count). The van der Waals surface area contributed by atoms with Crippen LogP contribution in [0.1, 0.15) is 20.8 Å². The molecule has 0 saturated carbocycles. The summed E-state index contributed by atoms with van der Waals surface area (Å²) in [5, 5.41) is 0. The van der Waals surface area contributed by atoms with Gasteiger partial charge in [-0.05, 0) is 12.8 Å². The van der Waals surface area contributed by atoms with Crippen LogP contribution < -0.4 is 0 Å². The SMILES string of the molecule is CCN1CC(C(C)C)N(CC=O)CC1=O. The van der Waals surface area contributed by atoms with Crippen molar-refractivity contribution < 1.29 is 9.59 Å². The molecule has 86 valence electrons. The van der Waals surface area contributed by atoms with E-state index in [2.05, 4.69) is 13.8 Å². The molecule has 0 aliphatic carbocycles. The summed E-state index contributed by atoms with van der Waals surface area (Å²) in [5.41, 5.74) is 0. The van der Waals surface area contributed by atoms with Gasteiger partial charge < -0.3 is 9.69 Å². The Morgan fingerprint density at radius 2 is 2.20 bits per heavy atom. The van der Waals surface area contributed by atoms with Crippen molar-refractivity contribution in [3.63, 3.8) is 0 Å². The molecule has 0 bridgehead atoms. The second kappa shape index (κ2) is 5.26. The van der Waals surface area contributed by atoms with E-state index in [0.29, 0.717) is 25.0 Å². The van der Waals surface area contributed by atoms with Gasteiger partial charge in [-0.1, -0.05) is 13.8 Å². The Hall–Kier alpha value is -0.900. The van der Waals surface area contributed by atoms with Crippen LogP contribution in [-0.2, 0) is 9.59 Å². The van der Waals surface area contributed by atoms with Gasteiger partial charge in [-0.15, -0.1) is 0 Å². The number of hydrogen-bond acceptors (Lipinski definition) is 3. The van der Waals surface area contributed by atoms with E-state index in [1.807, 2.05) is 16.7 Å². The summed E-state index contributed by atoms with van der Waals surface area (Å²) >= 11 is 0. The smallest absolute Gasteiger partial charge is 0.236 e. The monoisotopic (exact) mass is 212 g/mol. The van der Waals surface area contributed by atoms with Gasteiger partial charge in [-0.3, -0.25) is 9.69 Å². The Balaban J connectivity index is 2.71. The molecular formula is C11H20N2O2. The van der Waals surface area contributed by atoms with Crippen LogP contribution in [0.15, 0.2) is 0 Å². The predicted molar refractivity (Wildman–Crippen MR) is 58.5 cm³/mol. The first-order valence-electron chi connectivity index (χ1n) is 5.55. The Bertz CT molecular complexity index is 241. The van der Waals surface area contributed by atoms with Crippen LogP contribution in [0.3, 0.4) is 0 Å². The van der Waals surface area contributed by atoms with Crippen LogP contribution in [0.4, 0.5) is 0 Å². The molecule has 1 saturated heterocycles. The number of aldehydes is 1. The number of piperazine rings is 1. The number of carbonyl (C=O) groups is 2. The van der Waals surface area contributed by atoms with E-state index in [-0.39, 0.29) is 5.91 Å². The van der Waals surface area contributed by atoms with E-state index in [0.717, 1.165) is 19.4 Å². The molecule has 0 aromatic carbocycles. The third-order valence-corrected chi connectivity index (χ3v) is 3.03. The Morgan fingerprint density at radius 3 is 2.67 bits per heavy atom. The molecule has 0 spiro atoms. The molecule has 0 radical (unpaired) electrons. The minimum atomic E-state index is 0.135. The van der Waals surface area contributed by atoms with Crippen molar-refractivity contribution in [3.05, 3.63) is 0 Å². The largest absolute Gasteiger partial charge is 0.340 e. The van der Waals surface area contributed by atoms with E-state index in [1.165, 1.54) is 0 Å². The molecule has 0 N–H and O–H groups in total. The summed E-state index contributed by atoms with van der Waals surface area (Å²) in [4.78, 5) is 26.0. The van der Waals surface area contributed by atoms with E-state index in [1.54, 1.807) is 0 Å². The molecule has 1 aliphatic heterocycles. The Kier molecular flexibility index (Phi) is 4.27. The highest BCUT2D eigenvalue weighted by molar-refractivity contribution is 5.79. The molecule has 1 aliphatic rings. The first-order valence-corrected chi connectivity index (χ1v) is 5.55. The number of carbonyl (C=O) groups excluding carboxylic acids is 2. The number of likely N-dealkylation sites (N-methyl/N-ethyl adjacent to an activating group) is 1. The maximum atomic E-state index is 11.6. The molecule has 1 fully saturated rings. The number of rotatable bonds is 4. The number of hydrogen-bond donors (Lipinski definition) is 0. The standard InChI is InChI=1S/C11H20N2O2/c1-4-12-7-10(9(2)3)13(5-6-14)8-11(12)15/h6,9-10H,4-5,7-8H2,1-3H3. The average Bonchev–Trinajstić information content (AvgIpc) is 2.18. The van der Waals surface area contributed by atoms with Gasteiger partial charge in [0.15, 0.2) is 0 Å². The first-order chi connectivity index (χ1) is 7.10. The molecule has 4 nitrogen and oxygen atoms in total. The third kappa shape index (κ3) is 2.78. The van der Waals surface area contributed by atoms with Crippen LogP contribution in [0.25, 0.3) is 0 Å². The number of amides is 1. The molecule has 1 heterocycles. The van der Waals surface area contributed by atoms with Crippen molar-refractivity contribution in [1.29, 1.82) is 0 Å². The second-order valence-corrected chi connectivity index (χ2v) is 4.34. The van der Waals surface area contributed by atoms with Gasteiger partial charge in [-0.25, -0.2) is 0 Å². The van der Waals surface area contributed by atoms with Gasteiger partial charge in [0.25, 0.3) is 0 Å². The summed E-state index contributed by atoms with van der Waals surface area (Å²) < 4.78 is 0. The maximum Gasteiger partial charge on any atom is 0.236 e. The highest BCUT2D eigenvalue weighted by Crippen LogP contribution is 2.16. The van der Waals surface area contributed by atoms with Crippen molar-refractivity contribution in [2.75, 3.05) is 26.2 Å². The van der Waals surface area contributed by atoms with Crippen LogP contribution in [-0.4, -0.2) is 54.2 Å². The van der Waals surface area contributed by atoms with Crippen LogP contribution in [0.2, 0.25) is 0 Å². The molecule has 1 unspecified atom stereocenters. The highest BCUT2D eigenvalue weighted by Gasteiger charge is 2.32. The molecule has 0 aromatic heterocycles. The summed E-state index contributed by atoms with van der Waals surface area (Å²) in [5.74, 6) is 0.600. The summed E-state index contributed by atoms with van der Waals surface area (Å²) in [6, 6.07) is 0.313. The van der Waals surface area contributed by atoms with E-state index >= 15 is 0 Å². The molecule has 4 heteroatoms. The van der Waals surface area contributed by atoms with Crippen molar-refractivity contribution in [2.45, 2.75) is 26.8 Å². The molecule has 1 atom stereocenters. The van der Waals surface area contributed by atoms with Gasteiger partial charge in [0.2, 0.25) is 5.91 Å². The van der Waals surface area contributed by atoms with Gasteiger partial charge in [-0.2, -0.15) is 0 Å². The predicted octanol–water partition coefficient (Wildman–Crippen LogP) is 0.374. The second-order valence-electron chi connectivity index (χ2n) is 4.34. The van der Waals surface area contributed by atoms with Gasteiger partial charge >= 0.3 is 0 Å². The van der Waals surface area contributed by atoms with E-state index in [4.69, 9.17) is 0 Å². The summed E-state index contributed by atoms with van der Waals surface area (Å²) in [7, 11) is 0. The van der Waals surface area contributed by atoms with Crippen molar-refractivity contribution in [1.82, 2.24) is 9.80 Å². The molecule has 0 aromatic rings. The van der Waals surface area contributed by atoms with E-state index in [9.17, 15) is 9.59 Å². The zero-order valence-corrected chi connectivity index (χ0v) is 9.77. The van der Waals surface area contributed by atoms with Gasteiger partial charge in [0, 0.05) is 19.1 Å². The van der Waals surface area contributed by atoms with E-state index < -0.39 is 0 Å². The lowest BCUT2D eigenvalue weighted by molar-refractivity contribution is -0.139. The maximum absolute atomic E-state index is 11.6. The van der Waals surface area contributed by atoms with Crippen molar-refractivity contribution in [2.24, 2.45) is 5.92 Å². The topological polar surface area (TPSA) is 40.6 Å². The van der Waals surface area contributed by atoms with Gasteiger partial charge in [0.1, 0.15) is 6.29 Å². The van der Waals surface area contributed by atoms with Crippen LogP contribution in [0, 0.1) is 5.92 Å². The van der Waals surface area contributed by atoms with Gasteiger partial charge in [0.05, 0.1) is 13.1 Å². The molecule has 1 amide bonds. The normalized spacial score (nSPS) is 23.6. The molecular weight excluding hydrogens is 192 g/mol. The first kappa shape index (κ1) is 12.2. The zero-order chi connectivity index (χ0) is 11.4. The van der Waals surface area contributed by atoms with Crippen LogP contribution in [0.5, 0.6) is 0 Å². The fourth-order valence-electron chi connectivity index (χ4n) is 2.07. The van der Waals surface area contributed by atoms with Crippen LogP contribution >= 0.6 is 0 Å². The quantitative estimate of drug-likeness (QED) is 0.632. The minimum absolute atomic E-state index is 0.135. The third-order valence-electron chi connectivity index (χ3n) is 3.03. The minimum Gasteiger partial charge on any atom is -0.340 e. The lowest BCUT2D eigenvalue weighted by Crippen LogP contribution is -2.58. The highest BCUT2D eigenvalue weighted by atomic mass is 16.2. The van der Waals surface area contributed by atoms with Crippen molar-refractivity contribution in [3.8, 4) is 0 Å². The summed E-state index contributed by atoms with van der Waals surface area (Å²) in [6.45, 7) is 8.52. The zero-order valence-electron chi connectivity index (χ0n) is 9.77. The fraction of sp³-hybridized carbons (Fsp3) is 0.818. The fourth-order valence-corrected chi connectivity index (χ4v) is 2.07. The average molecular weight is 212 g/mol. The lowest BCUT2D eigenvalue weighted by Gasteiger charge is -2.41. The van der Waals surface area contributed by atoms with Crippen molar-refractivity contribution >= 4 is 12.2 Å². The number of nitrogens with zero attached hydrogens (tertiary/aromatic N) is 2. The Morgan fingerprint density at radius 1 is 1.53 bits per heavy atom.